The third-order valence-electron chi connectivity index (χ3n) is 4.52. The second kappa shape index (κ2) is 5.51. The summed E-state index contributed by atoms with van der Waals surface area (Å²) in [5.74, 6) is 3.03. The van der Waals surface area contributed by atoms with Crippen LogP contribution in [0.25, 0.3) is 11.5 Å². The smallest absolute Gasteiger partial charge is 0.249 e. The van der Waals surface area contributed by atoms with Crippen molar-refractivity contribution in [1.29, 1.82) is 0 Å². The average molecular weight is 297 g/mol. The van der Waals surface area contributed by atoms with E-state index in [2.05, 4.69) is 25.5 Å². The molecule has 0 spiro atoms. The van der Waals surface area contributed by atoms with Gasteiger partial charge in [-0.25, -0.2) is 0 Å². The van der Waals surface area contributed by atoms with Crippen LogP contribution in [0.1, 0.15) is 32.1 Å². The first-order valence-electron chi connectivity index (χ1n) is 7.93. The van der Waals surface area contributed by atoms with Crippen LogP contribution < -0.4 is 5.32 Å². The number of H-pyrrole nitrogens is 1. The number of aromatic nitrogens is 4. The number of aromatic amines is 1. The number of carbonyl (C=O) groups excluding carboxylic acids is 1. The van der Waals surface area contributed by atoms with E-state index >= 15 is 0 Å². The van der Waals surface area contributed by atoms with Crippen molar-refractivity contribution >= 4 is 11.9 Å². The Kier molecular flexibility index (Phi) is 3.36. The van der Waals surface area contributed by atoms with E-state index in [0.29, 0.717) is 29.8 Å². The first-order chi connectivity index (χ1) is 10.8. The van der Waals surface area contributed by atoms with Gasteiger partial charge in [0.15, 0.2) is 5.82 Å². The Morgan fingerprint density at radius 2 is 2.05 bits per heavy atom. The number of hydrogen-bond acceptors (Lipinski definition) is 4. The molecule has 2 heterocycles. The molecule has 0 bridgehead atoms. The van der Waals surface area contributed by atoms with Gasteiger partial charge in [0, 0.05) is 12.6 Å². The van der Waals surface area contributed by atoms with E-state index in [1.165, 1.54) is 25.7 Å². The van der Waals surface area contributed by atoms with Gasteiger partial charge in [-0.05, 0) is 55.6 Å². The molecule has 6 heteroatoms. The first-order valence-corrected chi connectivity index (χ1v) is 7.93. The van der Waals surface area contributed by atoms with Gasteiger partial charge in [0.25, 0.3) is 0 Å². The van der Waals surface area contributed by atoms with Crippen LogP contribution in [-0.4, -0.2) is 26.1 Å². The van der Waals surface area contributed by atoms with Gasteiger partial charge in [-0.15, -0.1) is 5.10 Å². The maximum atomic E-state index is 12.2. The van der Waals surface area contributed by atoms with Crippen LogP contribution in [0.2, 0.25) is 0 Å². The Labute approximate surface area is 128 Å². The Balaban J connectivity index is 1.38. The summed E-state index contributed by atoms with van der Waals surface area (Å²) in [7, 11) is 0. The molecule has 2 saturated carbocycles. The predicted molar refractivity (Wildman–Crippen MR) is 81.8 cm³/mol. The highest BCUT2D eigenvalue weighted by molar-refractivity contribution is 5.89. The van der Waals surface area contributed by atoms with Gasteiger partial charge in [0.2, 0.25) is 11.9 Å². The molecule has 0 saturated heterocycles. The van der Waals surface area contributed by atoms with Crippen LogP contribution in [-0.2, 0) is 4.79 Å². The van der Waals surface area contributed by atoms with Gasteiger partial charge >= 0.3 is 0 Å². The zero-order valence-corrected chi connectivity index (χ0v) is 12.3. The van der Waals surface area contributed by atoms with Gasteiger partial charge in [0.05, 0.1) is 0 Å². The molecule has 0 radical (unpaired) electrons. The lowest BCUT2D eigenvalue weighted by Gasteiger charge is -2.13. The van der Waals surface area contributed by atoms with Crippen LogP contribution in [0.15, 0.2) is 24.4 Å². The van der Waals surface area contributed by atoms with E-state index in [0.717, 1.165) is 11.8 Å². The Bertz CT molecular complexity index is 648. The maximum Gasteiger partial charge on any atom is 0.249 e. The fraction of sp³-hybridized carbons (Fsp3) is 0.500. The molecule has 2 fully saturated rings. The summed E-state index contributed by atoms with van der Waals surface area (Å²) in [4.78, 5) is 20.7. The fourth-order valence-corrected chi connectivity index (χ4v) is 3.09. The van der Waals surface area contributed by atoms with Crippen molar-refractivity contribution in [2.75, 3.05) is 5.32 Å². The third-order valence-corrected chi connectivity index (χ3v) is 4.52. The highest BCUT2D eigenvalue weighted by Crippen LogP contribution is 2.50. The molecule has 2 aliphatic carbocycles. The minimum absolute atomic E-state index is 0.0235. The van der Waals surface area contributed by atoms with Crippen molar-refractivity contribution in [2.24, 2.45) is 17.8 Å². The number of nitrogens with one attached hydrogen (secondary N) is 2. The van der Waals surface area contributed by atoms with E-state index < -0.39 is 0 Å². The number of carbonyl (C=O) groups is 1. The van der Waals surface area contributed by atoms with Crippen LogP contribution in [0, 0.1) is 17.8 Å². The molecule has 2 N–H and O–H groups in total. The van der Waals surface area contributed by atoms with Gasteiger partial charge in [-0.1, -0.05) is 6.07 Å². The Morgan fingerprint density at radius 1 is 1.27 bits per heavy atom. The van der Waals surface area contributed by atoms with E-state index in [1.54, 1.807) is 6.20 Å². The third kappa shape index (κ3) is 3.00. The van der Waals surface area contributed by atoms with Crippen molar-refractivity contribution in [1.82, 2.24) is 20.2 Å². The van der Waals surface area contributed by atoms with Crippen molar-refractivity contribution < 1.29 is 4.79 Å². The molecule has 2 aliphatic rings. The molecule has 4 rings (SSSR count). The molecule has 0 atom stereocenters. The standard InChI is InChI=1S/C16H19N5O/c22-14(9-12(10-4-5-10)11-6-7-11)18-16-19-15(20-21-16)13-3-1-2-8-17-13/h1-3,8,10-12H,4-7,9H2,(H2,18,19,20,21,22). The normalized spacial score (nSPS) is 17.7. The number of nitrogens with zero attached hydrogens (tertiary/aromatic N) is 3. The molecule has 2 aromatic heterocycles. The molecule has 0 aromatic carbocycles. The minimum atomic E-state index is 0.0235. The highest BCUT2D eigenvalue weighted by atomic mass is 16.1. The summed E-state index contributed by atoms with van der Waals surface area (Å²) >= 11 is 0. The number of rotatable bonds is 6. The van der Waals surface area contributed by atoms with E-state index in [4.69, 9.17) is 0 Å². The maximum absolute atomic E-state index is 12.2. The highest BCUT2D eigenvalue weighted by Gasteiger charge is 2.42. The van der Waals surface area contributed by atoms with Gasteiger partial charge in [0.1, 0.15) is 5.69 Å². The second-order valence-electron chi connectivity index (χ2n) is 6.31. The van der Waals surface area contributed by atoms with E-state index in [9.17, 15) is 4.79 Å². The van der Waals surface area contributed by atoms with Crippen LogP contribution in [0.4, 0.5) is 5.95 Å². The lowest BCUT2D eigenvalue weighted by atomic mass is 9.94. The zero-order valence-electron chi connectivity index (χ0n) is 12.3. The molecule has 0 aliphatic heterocycles. The quantitative estimate of drug-likeness (QED) is 0.858. The zero-order chi connectivity index (χ0) is 14.9. The second-order valence-corrected chi connectivity index (χ2v) is 6.31. The summed E-state index contributed by atoms with van der Waals surface area (Å²) in [6.45, 7) is 0. The van der Waals surface area contributed by atoms with Gasteiger partial charge in [-0.2, -0.15) is 4.98 Å². The average Bonchev–Trinajstić information content (AvgIpc) is 3.45. The molecular formula is C16H19N5O. The summed E-state index contributed by atoms with van der Waals surface area (Å²) in [6.07, 6.45) is 7.46. The number of pyridine rings is 1. The summed E-state index contributed by atoms with van der Waals surface area (Å²) in [5, 5.41) is 9.67. The molecule has 2 aromatic rings. The van der Waals surface area contributed by atoms with Crippen molar-refractivity contribution in [3.63, 3.8) is 0 Å². The Morgan fingerprint density at radius 3 is 2.68 bits per heavy atom. The van der Waals surface area contributed by atoms with Crippen LogP contribution in [0.3, 0.4) is 0 Å². The van der Waals surface area contributed by atoms with Crippen molar-refractivity contribution in [3.8, 4) is 11.5 Å². The monoisotopic (exact) mass is 297 g/mol. The molecule has 114 valence electrons. The lowest BCUT2D eigenvalue weighted by molar-refractivity contribution is -0.117. The largest absolute Gasteiger partial charge is 0.293 e. The van der Waals surface area contributed by atoms with Crippen LogP contribution in [0.5, 0.6) is 0 Å². The molecule has 0 unspecified atom stereocenters. The summed E-state index contributed by atoms with van der Waals surface area (Å²) in [5.41, 5.74) is 0.712. The summed E-state index contributed by atoms with van der Waals surface area (Å²) < 4.78 is 0. The fourth-order valence-electron chi connectivity index (χ4n) is 3.09. The van der Waals surface area contributed by atoms with Gasteiger partial charge in [-0.3, -0.25) is 20.2 Å². The number of amides is 1. The molecule has 22 heavy (non-hydrogen) atoms. The van der Waals surface area contributed by atoms with Crippen molar-refractivity contribution in [2.45, 2.75) is 32.1 Å². The van der Waals surface area contributed by atoms with Gasteiger partial charge < -0.3 is 0 Å². The van der Waals surface area contributed by atoms with Crippen molar-refractivity contribution in [3.05, 3.63) is 24.4 Å². The molecule has 1 amide bonds. The lowest BCUT2D eigenvalue weighted by Crippen LogP contribution is -2.19. The van der Waals surface area contributed by atoms with E-state index in [1.807, 2.05) is 18.2 Å². The molecular weight excluding hydrogens is 278 g/mol. The predicted octanol–water partition coefficient (Wildman–Crippen LogP) is 2.63. The molecule has 6 nitrogen and oxygen atoms in total. The van der Waals surface area contributed by atoms with E-state index in [-0.39, 0.29) is 5.91 Å². The SMILES string of the molecule is O=C(CC(C1CC1)C1CC1)Nc1n[nH]c(-c2ccccn2)n1. The number of hydrogen-bond donors (Lipinski definition) is 2. The first kappa shape index (κ1) is 13.4. The number of anilines is 1. The topological polar surface area (TPSA) is 83.6 Å². The van der Waals surface area contributed by atoms with Crippen LogP contribution >= 0.6 is 0 Å². The summed E-state index contributed by atoms with van der Waals surface area (Å²) in [6, 6.07) is 5.58. The Hall–Kier alpha value is -2.24. The minimum Gasteiger partial charge on any atom is -0.293 e.